The lowest BCUT2D eigenvalue weighted by molar-refractivity contribution is -0.117. The van der Waals surface area contributed by atoms with Crippen LogP contribution in [0.15, 0.2) is 48.7 Å². The lowest BCUT2D eigenvalue weighted by atomic mass is 10.0. The summed E-state index contributed by atoms with van der Waals surface area (Å²) in [4.78, 5) is 11.5. The Bertz CT molecular complexity index is 909. The highest BCUT2D eigenvalue weighted by Gasteiger charge is 2.14. The number of nitrogens with zero attached hydrogens (tertiary/aromatic N) is 1. The maximum absolute atomic E-state index is 11.5. The summed E-state index contributed by atoms with van der Waals surface area (Å²) in [6.07, 6.45) is 2.30. The average Bonchev–Trinajstić information content (AvgIpc) is 2.90. The van der Waals surface area contributed by atoms with Gasteiger partial charge < -0.3 is 15.0 Å². The van der Waals surface area contributed by atoms with Gasteiger partial charge in [0.1, 0.15) is 5.75 Å². The van der Waals surface area contributed by atoms with Gasteiger partial charge in [-0.3, -0.25) is 4.79 Å². The number of hydrogen-bond donors (Lipinski definition) is 1. The Morgan fingerprint density at radius 2 is 1.96 bits per heavy atom. The lowest BCUT2D eigenvalue weighted by Gasteiger charge is -2.10. The number of aromatic nitrogens is 1. The van der Waals surface area contributed by atoms with Gasteiger partial charge in [0, 0.05) is 29.2 Å². The molecule has 4 heteroatoms. The van der Waals surface area contributed by atoms with Gasteiger partial charge in [0.25, 0.3) is 0 Å². The predicted octanol–water partition coefficient (Wildman–Crippen LogP) is 4.00. The van der Waals surface area contributed by atoms with E-state index in [4.69, 9.17) is 10.5 Å². The van der Waals surface area contributed by atoms with E-state index in [1.807, 2.05) is 24.3 Å². The third-order valence-electron chi connectivity index (χ3n) is 4.31. The van der Waals surface area contributed by atoms with Gasteiger partial charge in [0.05, 0.1) is 13.5 Å². The fraction of sp³-hybridized carbons (Fsp3) is 0.286. The molecule has 0 unspecified atom stereocenters. The Hall–Kier alpha value is -2.75. The molecule has 2 N–H and O–H groups in total. The third kappa shape index (κ3) is 3.53. The number of carbonyl (C=O) groups excluding carboxylic acids is 1. The van der Waals surface area contributed by atoms with Crippen LogP contribution >= 0.6 is 0 Å². The van der Waals surface area contributed by atoms with Gasteiger partial charge in [-0.1, -0.05) is 38.1 Å². The van der Waals surface area contributed by atoms with Crippen LogP contribution in [-0.2, 0) is 17.8 Å². The van der Waals surface area contributed by atoms with Crippen LogP contribution in [0.2, 0.25) is 0 Å². The number of fused-ring (bicyclic) bond motifs is 1. The van der Waals surface area contributed by atoms with E-state index in [-0.39, 0.29) is 12.3 Å². The summed E-state index contributed by atoms with van der Waals surface area (Å²) in [7, 11) is 1.68. The number of hydrogen-bond acceptors (Lipinski definition) is 2. The van der Waals surface area contributed by atoms with E-state index in [9.17, 15) is 4.79 Å². The van der Waals surface area contributed by atoms with Crippen LogP contribution < -0.4 is 10.5 Å². The second-order valence-electron chi connectivity index (χ2n) is 6.78. The maximum atomic E-state index is 11.5. The smallest absolute Gasteiger partial charge is 0.221 e. The summed E-state index contributed by atoms with van der Waals surface area (Å²) < 4.78 is 7.70. The second-order valence-corrected chi connectivity index (χ2v) is 6.78. The number of para-hydroxylation sites is 1. The number of primary amides is 1. The highest BCUT2D eigenvalue weighted by atomic mass is 16.5. The number of ether oxygens (including phenoxy) is 1. The van der Waals surface area contributed by atoms with E-state index >= 15 is 0 Å². The van der Waals surface area contributed by atoms with Crippen molar-refractivity contribution in [3.63, 3.8) is 0 Å². The zero-order valence-corrected chi connectivity index (χ0v) is 15.0. The molecule has 0 fully saturated rings. The maximum Gasteiger partial charge on any atom is 0.221 e. The average molecular weight is 336 g/mol. The van der Waals surface area contributed by atoms with Crippen LogP contribution in [0.3, 0.4) is 0 Å². The topological polar surface area (TPSA) is 57.2 Å². The molecule has 1 amide bonds. The van der Waals surface area contributed by atoms with Crippen LogP contribution in [-0.4, -0.2) is 17.6 Å². The van der Waals surface area contributed by atoms with Crippen molar-refractivity contribution < 1.29 is 9.53 Å². The van der Waals surface area contributed by atoms with Gasteiger partial charge in [-0.2, -0.15) is 0 Å². The minimum Gasteiger partial charge on any atom is -0.496 e. The Labute approximate surface area is 148 Å². The Morgan fingerprint density at radius 3 is 2.64 bits per heavy atom. The van der Waals surface area contributed by atoms with Crippen LogP contribution in [0.5, 0.6) is 5.75 Å². The fourth-order valence-corrected chi connectivity index (χ4v) is 3.29. The molecule has 0 aliphatic heterocycles. The summed E-state index contributed by atoms with van der Waals surface area (Å²) in [6.45, 7) is 5.27. The summed E-state index contributed by atoms with van der Waals surface area (Å²) in [5.74, 6) is 1.04. The van der Waals surface area contributed by atoms with Crippen molar-refractivity contribution >= 4 is 16.8 Å². The molecule has 3 rings (SSSR count). The van der Waals surface area contributed by atoms with Crippen LogP contribution in [0.1, 0.15) is 19.4 Å². The third-order valence-corrected chi connectivity index (χ3v) is 4.31. The molecule has 0 spiro atoms. The zero-order valence-electron chi connectivity index (χ0n) is 15.0. The number of amides is 1. The van der Waals surface area contributed by atoms with Crippen LogP contribution in [0.4, 0.5) is 0 Å². The Kier molecular flexibility index (Phi) is 4.79. The van der Waals surface area contributed by atoms with Crippen molar-refractivity contribution in [2.45, 2.75) is 26.8 Å². The molecule has 4 nitrogen and oxygen atoms in total. The molecular formula is C21H24N2O2. The first-order chi connectivity index (χ1) is 12.0. The van der Waals surface area contributed by atoms with Crippen molar-refractivity contribution in [1.29, 1.82) is 0 Å². The molecule has 0 aliphatic rings. The van der Waals surface area contributed by atoms with Crippen molar-refractivity contribution in [1.82, 2.24) is 4.57 Å². The van der Waals surface area contributed by atoms with Crippen LogP contribution in [0, 0.1) is 5.92 Å². The summed E-state index contributed by atoms with van der Waals surface area (Å²) >= 11 is 0. The van der Waals surface area contributed by atoms with Gasteiger partial charge in [0.2, 0.25) is 5.91 Å². The predicted molar refractivity (Wildman–Crippen MR) is 102 cm³/mol. The molecule has 3 aromatic rings. The molecule has 1 aromatic heterocycles. The molecule has 25 heavy (non-hydrogen) atoms. The minimum absolute atomic E-state index is 0.247. The SMILES string of the molecule is COc1ccccc1-c1ccc2c(c1)c(CC(N)=O)cn2CC(C)C. The first-order valence-corrected chi connectivity index (χ1v) is 8.53. The molecule has 130 valence electrons. The first kappa shape index (κ1) is 17.1. The van der Waals surface area contributed by atoms with E-state index in [1.165, 1.54) is 0 Å². The molecule has 0 saturated carbocycles. The zero-order chi connectivity index (χ0) is 18.0. The minimum atomic E-state index is -0.314. The molecule has 0 atom stereocenters. The van der Waals surface area contributed by atoms with Crippen molar-refractivity contribution in [3.05, 3.63) is 54.2 Å². The molecule has 0 saturated heterocycles. The van der Waals surface area contributed by atoms with Gasteiger partial charge in [-0.15, -0.1) is 0 Å². The van der Waals surface area contributed by atoms with Crippen molar-refractivity contribution in [2.24, 2.45) is 11.7 Å². The number of rotatable bonds is 6. The van der Waals surface area contributed by atoms with E-state index in [0.29, 0.717) is 5.92 Å². The Balaban J connectivity index is 2.16. The molecule has 2 aromatic carbocycles. The van der Waals surface area contributed by atoms with Gasteiger partial charge >= 0.3 is 0 Å². The Morgan fingerprint density at radius 1 is 1.20 bits per heavy atom. The molecule has 0 radical (unpaired) electrons. The van der Waals surface area contributed by atoms with Gasteiger partial charge in [-0.05, 0) is 35.2 Å². The van der Waals surface area contributed by atoms with Gasteiger partial charge in [0.15, 0.2) is 0 Å². The van der Waals surface area contributed by atoms with E-state index in [1.54, 1.807) is 7.11 Å². The number of carbonyl (C=O) groups is 1. The van der Waals surface area contributed by atoms with Crippen molar-refractivity contribution in [2.75, 3.05) is 7.11 Å². The normalized spacial score (nSPS) is 11.2. The molecule has 1 heterocycles. The van der Waals surface area contributed by atoms with E-state index in [2.05, 4.69) is 42.8 Å². The van der Waals surface area contributed by atoms with Gasteiger partial charge in [-0.25, -0.2) is 0 Å². The fourth-order valence-electron chi connectivity index (χ4n) is 3.29. The quantitative estimate of drug-likeness (QED) is 0.739. The molecule has 0 bridgehead atoms. The standard InChI is InChI=1S/C21H24N2O2/c1-14(2)12-23-13-16(11-21(22)24)18-10-15(8-9-19(18)23)17-6-4-5-7-20(17)25-3/h4-10,13-14H,11-12H2,1-3H3,(H2,22,24). The van der Waals surface area contributed by atoms with Crippen molar-refractivity contribution in [3.8, 4) is 16.9 Å². The summed E-state index contributed by atoms with van der Waals surface area (Å²) in [6, 6.07) is 14.3. The highest BCUT2D eigenvalue weighted by Crippen LogP contribution is 2.33. The van der Waals surface area contributed by atoms with E-state index in [0.717, 1.165) is 39.9 Å². The number of benzene rings is 2. The highest BCUT2D eigenvalue weighted by molar-refractivity contribution is 5.92. The second kappa shape index (κ2) is 7.01. The molecular weight excluding hydrogens is 312 g/mol. The number of nitrogens with two attached hydrogens (primary N) is 1. The summed E-state index contributed by atoms with van der Waals surface area (Å²) in [5.41, 5.74) is 9.66. The summed E-state index contributed by atoms with van der Waals surface area (Å²) in [5, 5.41) is 1.07. The monoisotopic (exact) mass is 336 g/mol. The number of methoxy groups -OCH3 is 1. The molecule has 0 aliphatic carbocycles. The van der Waals surface area contributed by atoms with Crippen LogP contribution in [0.25, 0.3) is 22.0 Å². The first-order valence-electron chi connectivity index (χ1n) is 8.53. The lowest BCUT2D eigenvalue weighted by Crippen LogP contribution is -2.13. The largest absolute Gasteiger partial charge is 0.496 e. The van der Waals surface area contributed by atoms with E-state index < -0.39 is 0 Å².